The molecule has 0 radical (unpaired) electrons. The van der Waals surface area contributed by atoms with Crippen LogP contribution < -0.4 is 11.1 Å². The highest BCUT2D eigenvalue weighted by Gasteiger charge is 2.28. The molecule has 0 saturated carbocycles. The van der Waals surface area contributed by atoms with E-state index in [4.69, 9.17) is 5.73 Å². The second-order valence-electron chi connectivity index (χ2n) is 5.21. The van der Waals surface area contributed by atoms with Gasteiger partial charge in [0.2, 0.25) is 11.8 Å². The summed E-state index contributed by atoms with van der Waals surface area (Å²) in [5, 5.41) is 2.90. The molecule has 18 heavy (non-hydrogen) atoms. The summed E-state index contributed by atoms with van der Waals surface area (Å²) in [6.07, 6.45) is 2.55. The zero-order valence-electron chi connectivity index (χ0n) is 11.6. The van der Waals surface area contributed by atoms with Crippen LogP contribution in [0, 0.1) is 5.92 Å². The summed E-state index contributed by atoms with van der Waals surface area (Å²) >= 11 is 0. The minimum absolute atomic E-state index is 0.00363. The van der Waals surface area contributed by atoms with Crippen molar-refractivity contribution in [2.45, 2.75) is 52.1 Å². The number of hydrogen-bond donors (Lipinski definition) is 2. The van der Waals surface area contributed by atoms with Crippen molar-refractivity contribution < 1.29 is 9.59 Å². The lowest BCUT2D eigenvalue weighted by Gasteiger charge is -2.34. The van der Waals surface area contributed by atoms with Crippen molar-refractivity contribution in [1.29, 1.82) is 0 Å². The lowest BCUT2D eigenvalue weighted by Crippen LogP contribution is -2.52. The quantitative estimate of drug-likeness (QED) is 0.767. The van der Waals surface area contributed by atoms with Crippen molar-refractivity contribution in [2.24, 2.45) is 11.7 Å². The van der Waals surface area contributed by atoms with Crippen LogP contribution in [0.15, 0.2) is 0 Å². The van der Waals surface area contributed by atoms with Gasteiger partial charge in [-0.2, -0.15) is 0 Å². The number of rotatable bonds is 4. The molecule has 3 N–H and O–H groups in total. The molecule has 1 rings (SSSR count). The molecule has 0 aliphatic carbocycles. The monoisotopic (exact) mass is 255 g/mol. The van der Waals surface area contributed by atoms with E-state index in [0.717, 1.165) is 19.3 Å². The van der Waals surface area contributed by atoms with E-state index in [2.05, 4.69) is 5.32 Å². The molecule has 1 saturated heterocycles. The van der Waals surface area contributed by atoms with Crippen LogP contribution >= 0.6 is 0 Å². The molecule has 0 aromatic rings. The Bertz CT molecular complexity index is 299. The third-order valence-electron chi connectivity index (χ3n) is 3.76. The van der Waals surface area contributed by atoms with Gasteiger partial charge in [0.1, 0.15) is 0 Å². The van der Waals surface area contributed by atoms with E-state index in [0.29, 0.717) is 13.1 Å². The van der Waals surface area contributed by atoms with E-state index < -0.39 is 6.04 Å². The molecule has 5 nitrogen and oxygen atoms in total. The number of hydrogen-bond acceptors (Lipinski definition) is 3. The minimum Gasteiger partial charge on any atom is -0.353 e. The predicted molar refractivity (Wildman–Crippen MR) is 70.8 cm³/mol. The number of nitrogens with two attached hydrogens (primary N) is 1. The Hall–Kier alpha value is -1.10. The number of nitrogens with zero attached hydrogens (tertiary/aromatic N) is 1. The van der Waals surface area contributed by atoms with Gasteiger partial charge >= 0.3 is 0 Å². The highest BCUT2D eigenvalue weighted by Crippen LogP contribution is 2.14. The standard InChI is InChI=1S/C13H25N3O2/c1-4-9(2)12(14)13(18)16-7-5-11(6-8-16)15-10(3)17/h9,11-12H,4-8,14H2,1-3H3,(H,15,17)/t9-,12-/m0/s1. The van der Waals surface area contributed by atoms with Gasteiger partial charge in [0.25, 0.3) is 0 Å². The average Bonchev–Trinajstić information content (AvgIpc) is 2.36. The molecular formula is C13H25N3O2. The summed E-state index contributed by atoms with van der Waals surface area (Å²) in [5.74, 6) is 0.257. The molecule has 1 aliphatic heterocycles. The lowest BCUT2D eigenvalue weighted by atomic mass is 9.97. The highest BCUT2D eigenvalue weighted by molar-refractivity contribution is 5.82. The minimum atomic E-state index is -0.396. The van der Waals surface area contributed by atoms with Crippen LogP contribution in [0.1, 0.15) is 40.0 Å². The molecule has 0 aromatic heterocycles. The first kappa shape index (κ1) is 15.0. The maximum atomic E-state index is 12.1. The topological polar surface area (TPSA) is 75.4 Å². The van der Waals surface area contributed by atoms with Crippen LogP contribution in [0.4, 0.5) is 0 Å². The van der Waals surface area contributed by atoms with Crippen LogP contribution in [0.2, 0.25) is 0 Å². The van der Waals surface area contributed by atoms with Gasteiger partial charge in [0, 0.05) is 26.1 Å². The fraction of sp³-hybridized carbons (Fsp3) is 0.846. The first-order chi connectivity index (χ1) is 8.45. The second kappa shape index (κ2) is 6.73. The van der Waals surface area contributed by atoms with Gasteiger partial charge in [-0.15, -0.1) is 0 Å². The molecule has 0 bridgehead atoms. The first-order valence-electron chi connectivity index (χ1n) is 6.77. The van der Waals surface area contributed by atoms with Crippen molar-refractivity contribution in [3.8, 4) is 0 Å². The highest BCUT2D eigenvalue weighted by atomic mass is 16.2. The van der Waals surface area contributed by atoms with Crippen LogP contribution in [-0.2, 0) is 9.59 Å². The molecule has 5 heteroatoms. The summed E-state index contributed by atoms with van der Waals surface area (Å²) in [5.41, 5.74) is 5.96. The summed E-state index contributed by atoms with van der Waals surface area (Å²) in [7, 11) is 0. The Labute approximate surface area is 109 Å². The molecule has 0 unspecified atom stereocenters. The molecule has 0 spiro atoms. The fourth-order valence-electron chi connectivity index (χ4n) is 2.24. The summed E-state index contributed by atoms with van der Waals surface area (Å²) in [6, 6.07) is -0.196. The van der Waals surface area contributed by atoms with Crippen molar-refractivity contribution in [1.82, 2.24) is 10.2 Å². The maximum absolute atomic E-state index is 12.1. The van der Waals surface area contributed by atoms with E-state index in [9.17, 15) is 9.59 Å². The Morgan fingerprint density at radius 3 is 2.39 bits per heavy atom. The second-order valence-corrected chi connectivity index (χ2v) is 5.21. The SMILES string of the molecule is CC[C@H](C)[C@H](N)C(=O)N1CCC(NC(C)=O)CC1. The number of nitrogens with one attached hydrogen (secondary N) is 1. The van der Waals surface area contributed by atoms with Gasteiger partial charge in [-0.3, -0.25) is 9.59 Å². The lowest BCUT2D eigenvalue weighted by molar-refractivity contribution is -0.134. The largest absolute Gasteiger partial charge is 0.353 e. The zero-order valence-corrected chi connectivity index (χ0v) is 11.6. The summed E-state index contributed by atoms with van der Waals surface area (Å²) in [6.45, 7) is 6.95. The molecule has 2 atom stereocenters. The molecule has 1 heterocycles. The van der Waals surface area contributed by atoms with Crippen LogP contribution in [0.3, 0.4) is 0 Å². The van der Waals surface area contributed by atoms with Crippen molar-refractivity contribution in [2.75, 3.05) is 13.1 Å². The summed E-state index contributed by atoms with van der Waals surface area (Å²) < 4.78 is 0. The first-order valence-corrected chi connectivity index (χ1v) is 6.77. The fourth-order valence-corrected chi connectivity index (χ4v) is 2.24. The molecule has 2 amide bonds. The third-order valence-corrected chi connectivity index (χ3v) is 3.76. The van der Waals surface area contributed by atoms with Crippen LogP contribution in [0.25, 0.3) is 0 Å². The van der Waals surface area contributed by atoms with Gasteiger partial charge in [-0.25, -0.2) is 0 Å². The smallest absolute Gasteiger partial charge is 0.239 e. The molecular weight excluding hydrogens is 230 g/mol. The Morgan fingerprint density at radius 2 is 1.94 bits per heavy atom. The van der Waals surface area contributed by atoms with Crippen LogP contribution in [0.5, 0.6) is 0 Å². The molecule has 104 valence electrons. The normalized spacial score (nSPS) is 20.3. The third kappa shape index (κ3) is 3.98. The van der Waals surface area contributed by atoms with Crippen molar-refractivity contribution in [3.63, 3.8) is 0 Å². The Kier molecular flexibility index (Phi) is 5.59. The van der Waals surface area contributed by atoms with Crippen LogP contribution in [-0.4, -0.2) is 41.9 Å². The van der Waals surface area contributed by atoms with Gasteiger partial charge in [0.05, 0.1) is 6.04 Å². The number of piperidine rings is 1. The van der Waals surface area contributed by atoms with E-state index in [-0.39, 0.29) is 23.8 Å². The predicted octanol–water partition coefficient (Wildman–Crippen LogP) is 0.487. The number of carbonyl (C=O) groups is 2. The number of likely N-dealkylation sites (tertiary alicyclic amines) is 1. The van der Waals surface area contributed by atoms with Crippen molar-refractivity contribution in [3.05, 3.63) is 0 Å². The summed E-state index contributed by atoms with van der Waals surface area (Å²) in [4.78, 5) is 24.9. The van der Waals surface area contributed by atoms with Gasteiger partial charge in [0.15, 0.2) is 0 Å². The molecule has 1 fully saturated rings. The maximum Gasteiger partial charge on any atom is 0.239 e. The van der Waals surface area contributed by atoms with Gasteiger partial charge in [-0.1, -0.05) is 20.3 Å². The molecule has 0 aromatic carbocycles. The average molecular weight is 255 g/mol. The zero-order chi connectivity index (χ0) is 13.7. The van der Waals surface area contributed by atoms with E-state index >= 15 is 0 Å². The van der Waals surface area contributed by atoms with Gasteiger partial charge < -0.3 is 16.0 Å². The van der Waals surface area contributed by atoms with Gasteiger partial charge in [-0.05, 0) is 18.8 Å². The van der Waals surface area contributed by atoms with Crippen molar-refractivity contribution >= 4 is 11.8 Å². The van der Waals surface area contributed by atoms with E-state index in [1.54, 1.807) is 0 Å². The van der Waals surface area contributed by atoms with E-state index in [1.165, 1.54) is 6.92 Å². The number of amides is 2. The van der Waals surface area contributed by atoms with E-state index in [1.807, 2.05) is 18.7 Å². The number of carbonyl (C=O) groups excluding carboxylic acids is 2. The Balaban J connectivity index is 2.42. The Morgan fingerprint density at radius 1 is 1.39 bits per heavy atom. The molecule has 1 aliphatic rings.